The second-order valence-electron chi connectivity index (χ2n) is 9.77. The zero-order valence-electron chi connectivity index (χ0n) is 21.2. The van der Waals surface area contributed by atoms with Crippen LogP contribution >= 0.6 is 11.6 Å². The minimum atomic E-state index is -4.31. The number of nitrogens with one attached hydrogen (secondary N) is 1. The number of rotatable bonds is 7. The van der Waals surface area contributed by atoms with Crippen molar-refractivity contribution in [3.05, 3.63) is 88.4 Å². The SMILES string of the molecule is CCOc1ccc2c(c1)C(C)(c1ccccc1Cl)C(=O)N2S(=O)(=O)c1ccc(C(=O)NC2CCCC2)cc1. The highest BCUT2D eigenvalue weighted by atomic mass is 35.5. The molecule has 0 aromatic heterocycles. The molecule has 1 aliphatic heterocycles. The summed E-state index contributed by atoms with van der Waals surface area (Å²) in [4.78, 5) is 26.6. The van der Waals surface area contributed by atoms with Crippen molar-refractivity contribution in [1.82, 2.24) is 5.32 Å². The van der Waals surface area contributed by atoms with Gasteiger partial charge in [0.1, 0.15) is 11.2 Å². The van der Waals surface area contributed by atoms with E-state index in [4.69, 9.17) is 16.3 Å². The normalized spacial score (nSPS) is 19.4. The van der Waals surface area contributed by atoms with Gasteiger partial charge in [0.25, 0.3) is 21.8 Å². The van der Waals surface area contributed by atoms with Gasteiger partial charge in [-0.25, -0.2) is 12.7 Å². The number of ether oxygens (including phenoxy) is 1. The molecule has 1 atom stereocenters. The van der Waals surface area contributed by atoms with Gasteiger partial charge in [-0.05, 0) is 80.8 Å². The van der Waals surface area contributed by atoms with Gasteiger partial charge in [0.05, 0.1) is 17.2 Å². The second-order valence-corrected chi connectivity index (χ2v) is 12.0. The number of hydrogen-bond acceptors (Lipinski definition) is 5. The van der Waals surface area contributed by atoms with Crippen LogP contribution in [-0.2, 0) is 20.2 Å². The molecular formula is C29H29ClN2O5S. The number of sulfonamides is 1. The van der Waals surface area contributed by atoms with Gasteiger partial charge < -0.3 is 10.1 Å². The van der Waals surface area contributed by atoms with Gasteiger partial charge in [0.15, 0.2) is 0 Å². The van der Waals surface area contributed by atoms with Crippen LogP contribution < -0.4 is 14.4 Å². The predicted octanol–water partition coefficient (Wildman–Crippen LogP) is 5.45. The molecule has 0 saturated heterocycles. The molecule has 1 saturated carbocycles. The Balaban J connectivity index is 1.55. The highest BCUT2D eigenvalue weighted by Crippen LogP contribution is 2.50. The van der Waals surface area contributed by atoms with Crippen LogP contribution in [0.25, 0.3) is 0 Å². The van der Waals surface area contributed by atoms with E-state index in [0.29, 0.717) is 34.1 Å². The summed E-state index contributed by atoms with van der Waals surface area (Å²) in [5.41, 5.74) is 0.223. The fourth-order valence-electron chi connectivity index (χ4n) is 5.37. The van der Waals surface area contributed by atoms with E-state index in [1.165, 1.54) is 24.3 Å². The molecule has 1 heterocycles. The average molecular weight is 553 g/mol. The number of fused-ring (bicyclic) bond motifs is 1. The third-order valence-electron chi connectivity index (χ3n) is 7.41. The number of carbonyl (C=O) groups is 2. The molecule has 2 amide bonds. The van der Waals surface area contributed by atoms with E-state index in [-0.39, 0.29) is 22.5 Å². The maximum atomic E-state index is 14.1. The van der Waals surface area contributed by atoms with Gasteiger partial charge in [0.2, 0.25) is 0 Å². The van der Waals surface area contributed by atoms with Crippen molar-refractivity contribution in [2.75, 3.05) is 10.9 Å². The fraction of sp³-hybridized carbons (Fsp3) is 0.310. The van der Waals surface area contributed by atoms with Crippen LogP contribution in [0, 0.1) is 0 Å². The number of carbonyl (C=O) groups excluding carboxylic acids is 2. The van der Waals surface area contributed by atoms with Crippen molar-refractivity contribution in [2.45, 2.75) is 55.9 Å². The molecule has 1 fully saturated rings. The Hall–Kier alpha value is -3.36. The molecule has 0 radical (unpaired) electrons. The lowest BCUT2D eigenvalue weighted by Gasteiger charge is -2.26. The van der Waals surface area contributed by atoms with Crippen molar-refractivity contribution in [3.8, 4) is 5.75 Å². The largest absolute Gasteiger partial charge is 0.494 e. The monoisotopic (exact) mass is 552 g/mol. The molecule has 198 valence electrons. The van der Waals surface area contributed by atoms with Crippen molar-refractivity contribution < 1.29 is 22.7 Å². The molecule has 3 aromatic rings. The quantitative estimate of drug-likeness (QED) is 0.420. The molecule has 9 heteroatoms. The van der Waals surface area contributed by atoms with Crippen LogP contribution in [0.4, 0.5) is 5.69 Å². The summed E-state index contributed by atoms with van der Waals surface area (Å²) >= 11 is 6.52. The van der Waals surface area contributed by atoms with Crippen molar-refractivity contribution in [2.24, 2.45) is 0 Å². The second kappa shape index (κ2) is 10.1. The summed E-state index contributed by atoms with van der Waals surface area (Å²) in [6.45, 7) is 3.94. The Morgan fingerprint density at radius 3 is 2.39 bits per heavy atom. The van der Waals surface area contributed by atoms with Crippen molar-refractivity contribution in [1.29, 1.82) is 0 Å². The molecule has 0 spiro atoms. The molecule has 38 heavy (non-hydrogen) atoms. The molecule has 3 aromatic carbocycles. The first kappa shape index (κ1) is 26.3. The Labute approximate surface area is 227 Å². The van der Waals surface area contributed by atoms with Crippen molar-refractivity contribution in [3.63, 3.8) is 0 Å². The molecule has 5 rings (SSSR count). The smallest absolute Gasteiger partial charge is 0.270 e. The zero-order chi connectivity index (χ0) is 27.1. The molecule has 2 aliphatic rings. The van der Waals surface area contributed by atoms with E-state index in [0.717, 1.165) is 30.0 Å². The average Bonchev–Trinajstić information content (AvgIpc) is 3.49. The topological polar surface area (TPSA) is 92.8 Å². The van der Waals surface area contributed by atoms with E-state index in [1.54, 1.807) is 49.4 Å². The van der Waals surface area contributed by atoms with Gasteiger partial charge in [-0.3, -0.25) is 9.59 Å². The number of amides is 2. The zero-order valence-corrected chi connectivity index (χ0v) is 22.8. The number of benzene rings is 3. The number of anilines is 1. The van der Waals surface area contributed by atoms with Crippen LogP contribution in [0.3, 0.4) is 0 Å². The lowest BCUT2D eigenvalue weighted by molar-refractivity contribution is -0.120. The fourth-order valence-corrected chi connectivity index (χ4v) is 7.20. The summed E-state index contributed by atoms with van der Waals surface area (Å²) in [7, 11) is -4.31. The van der Waals surface area contributed by atoms with Crippen LogP contribution in [0.1, 0.15) is 61.0 Å². The predicted molar refractivity (Wildman–Crippen MR) is 146 cm³/mol. The Kier molecular flexibility index (Phi) is 6.96. The molecule has 1 N–H and O–H groups in total. The number of halogens is 1. The standard InChI is InChI=1S/C29H29ClN2O5S/c1-3-37-21-14-17-26-24(18-21)29(2,23-10-6-7-11-25(23)30)28(34)32(26)38(35,36)22-15-12-19(13-16-22)27(33)31-20-8-4-5-9-20/h6-7,10-18,20H,3-5,8-9H2,1-2H3,(H,31,33). The van der Waals surface area contributed by atoms with E-state index in [2.05, 4.69) is 5.32 Å². The van der Waals surface area contributed by atoms with Gasteiger partial charge in [0, 0.05) is 22.2 Å². The van der Waals surface area contributed by atoms with E-state index in [9.17, 15) is 18.0 Å². The van der Waals surface area contributed by atoms with Gasteiger partial charge in [-0.15, -0.1) is 0 Å². The highest BCUT2D eigenvalue weighted by molar-refractivity contribution is 7.93. The van der Waals surface area contributed by atoms with Crippen LogP contribution in [0.5, 0.6) is 5.75 Å². The minimum absolute atomic E-state index is 0.0912. The van der Waals surface area contributed by atoms with Gasteiger partial charge >= 0.3 is 0 Å². The van der Waals surface area contributed by atoms with Gasteiger partial charge in [-0.2, -0.15) is 0 Å². The molecule has 1 unspecified atom stereocenters. The van der Waals surface area contributed by atoms with Crippen LogP contribution in [-0.4, -0.2) is 32.9 Å². The summed E-state index contributed by atoms with van der Waals surface area (Å²) in [5.74, 6) is -0.357. The summed E-state index contributed by atoms with van der Waals surface area (Å²) in [6.07, 6.45) is 4.08. The molecule has 7 nitrogen and oxygen atoms in total. The van der Waals surface area contributed by atoms with Crippen molar-refractivity contribution >= 4 is 39.1 Å². The van der Waals surface area contributed by atoms with E-state index < -0.39 is 21.3 Å². The first-order valence-corrected chi connectivity index (χ1v) is 14.5. The molecule has 0 bridgehead atoms. The van der Waals surface area contributed by atoms with E-state index in [1.807, 2.05) is 6.92 Å². The Morgan fingerprint density at radius 2 is 1.74 bits per heavy atom. The third-order valence-corrected chi connectivity index (χ3v) is 9.45. The minimum Gasteiger partial charge on any atom is -0.494 e. The summed E-state index contributed by atoms with van der Waals surface area (Å²) in [6, 6.07) is 17.7. The summed E-state index contributed by atoms with van der Waals surface area (Å²) in [5, 5.41) is 3.36. The lowest BCUT2D eigenvalue weighted by Crippen LogP contribution is -2.42. The molecular weight excluding hydrogens is 524 g/mol. The van der Waals surface area contributed by atoms with Gasteiger partial charge in [-0.1, -0.05) is 42.6 Å². The third kappa shape index (κ3) is 4.35. The van der Waals surface area contributed by atoms with E-state index >= 15 is 0 Å². The lowest BCUT2D eigenvalue weighted by atomic mass is 9.77. The molecule has 1 aliphatic carbocycles. The van der Waals surface area contributed by atoms with Crippen LogP contribution in [0.2, 0.25) is 5.02 Å². The van der Waals surface area contributed by atoms with Crippen LogP contribution in [0.15, 0.2) is 71.6 Å². The number of nitrogens with zero attached hydrogens (tertiary/aromatic N) is 1. The Morgan fingerprint density at radius 1 is 1.05 bits per heavy atom. The summed E-state index contributed by atoms with van der Waals surface area (Å²) < 4.78 is 34.4. The first-order chi connectivity index (χ1) is 18.2. The maximum absolute atomic E-state index is 14.1. The first-order valence-electron chi connectivity index (χ1n) is 12.7. The highest BCUT2D eigenvalue weighted by Gasteiger charge is 2.54. The number of hydrogen-bond donors (Lipinski definition) is 1. The Bertz CT molecular complexity index is 1500. The maximum Gasteiger partial charge on any atom is 0.270 e.